The maximum atomic E-state index is 14.1. The molecule has 1 fully saturated rings. The molecule has 4 heterocycles. The molecule has 1 unspecified atom stereocenters. The zero-order valence-corrected chi connectivity index (χ0v) is 27.5. The minimum Gasteiger partial charge on any atom is -0.492 e. The molecule has 4 bridgehead atoms. The van der Waals surface area contributed by atoms with Crippen LogP contribution in [0.25, 0.3) is 0 Å². The van der Waals surface area contributed by atoms with Crippen molar-refractivity contribution in [3.05, 3.63) is 77.6 Å². The molecule has 1 aromatic heterocycles. The van der Waals surface area contributed by atoms with E-state index < -0.39 is 59.8 Å². The summed E-state index contributed by atoms with van der Waals surface area (Å²) in [5.41, 5.74) is 1.88. The number of benzene rings is 2. The van der Waals surface area contributed by atoms with Gasteiger partial charge < -0.3 is 36.0 Å². The van der Waals surface area contributed by atoms with Crippen molar-refractivity contribution in [1.82, 2.24) is 41.2 Å². The van der Waals surface area contributed by atoms with Crippen molar-refractivity contribution in [2.24, 2.45) is 0 Å². The number of aliphatic carboxylic acids is 1. The van der Waals surface area contributed by atoms with Crippen LogP contribution in [0.4, 0.5) is 0 Å². The van der Waals surface area contributed by atoms with Crippen LogP contribution in [0.3, 0.4) is 0 Å². The van der Waals surface area contributed by atoms with Gasteiger partial charge in [0.1, 0.15) is 36.5 Å². The average molecular weight is 675 g/mol. The van der Waals surface area contributed by atoms with Crippen molar-refractivity contribution in [2.45, 2.75) is 75.8 Å². The molecule has 4 amide bonds. The quantitative estimate of drug-likeness (QED) is 0.234. The summed E-state index contributed by atoms with van der Waals surface area (Å²) in [5.74, 6) is -2.76. The molecule has 15 nitrogen and oxygen atoms in total. The van der Waals surface area contributed by atoms with Crippen LogP contribution in [0.2, 0.25) is 0 Å². The Hall–Kier alpha value is -5.31. The summed E-state index contributed by atoms with van der Waals surface area (Å²) >= 11 is 0. The van der Waals surface area contributed by atoms with Crippen molar-refractivity contribution >= 4 is 29.6 Å². The van der Waals surface area contributed by atoms with E-state index in [2.05, 4.69) is 31.6 Å². The number of hydrogen-bond acceptors (Lipinski definition) is 9. The highest BCUT2D eigenvalue weighted by molar-refractivity contribution is 5.96. The number of carbonyl (C=O) groups excluding carboxylic acids is 4. The van der Waals surface area contributed by atoms with Gasteiger partial charge in [-0.15, -0.1) is 5.10 Å². The summed E-state index contributed by atoms with van der Waals surface area (Å²) in [6.45, 7) is 2.53. The predicted octanol–water partition coefficient (Wildman–Crippen LogP) is -0.164. The fraction of sp³-hybridized carbons (Fsp3) is 0.441. The van der Waals surface area contributed by atoms with E-state index in [1.165, 1.54) is 4.90 Å². The molecule has 5 atom stereocenters. The normalized spacial score (nSPS) is 22.8. The highest BCUT2D eigenvalue weighted by atomic mass is 16.5. The Labute approximate surface area is 283 Å². The van der Waals surface area contributed by atoms with E-state index in [9.17, 15) is 29.1 Å². The molecule has 2 aromatic carbocycles. The number of nitrogens with one attached hydrogen (secondary N) is 4. The van der Waals surface area contributed by atoms with Crippen molar-refractivity contribution in [3.63, 3.8) is 0 Å². The maximum Gasteiger partial charge on any atom is 0.326 e. The summed E-state index contributed by atoms with van der Waals surface area (Å²) < 4.78 is 7.43. The minimum absolute atomic E-state index is 0.000722. The van der Waals surface area contributed by atoms with Gasteiger partial charge in [-0.05, 0) is 50.1 Å². The third-order valence-corrected chi connectivity index (χ3v) is 8.76. The number of carbonyl (C=O) groups is 5. The van der Waals surface area contributed by atoms with Crippen LogP contribution in [0.1, 0.15) is 36.6 Å². The number of hydrogen-bond donors (Lipinski definition) is 5. The molecule has 1 saturated heterocycles. The number of likely N-dealkylation sites (N-methyl/N-ethyl adjacent to an activating group) is 1. The smallest absolute Gasteiger partial charge is 0.326 e. The monoisotopic (exact) mass is 674 g/mol. The lowest BCUT2D eigenvalue weighted by Gasteiger charge is -2.30. The van der Waals surface area contributed by atoms with Gasteiger partial charge in [-0.2, -0.15) is 0 Å². The van der Waals surface area contributed by atoms with Gasteiger partial charge in [0.2, 0.25) is 23.6 Å². The van der Waals surface area contributed by atoms with Crippen LogP contribution in [0.15, 0.2) is 60.8 Å². The highest BCUT2D eigenvalue weighted by Gasteiger charge is 2.40. The van der Waals surface area contributed by atoms with E-state index in [-0.39, 0.29) is 32.4 Å². The Morgan fingerprint density at radius 2 is 1.78 bits per heavy atom. The molecule has 3 aliphatic heterocycles. The van der Waals surface area contributed by atoms with Gasteiger partial charge in [0.05, 0.1) is 18.3 Å². The first kappa shape index (κ1) is 35.0. The number of aromatic nitrogens is 3. The molecule has 0 aliphatic carbocycles. The lowest BCUT2D eigenvalue weighted by molar-refractivity contribution is -0.143. The number of carboxylic acid groups (broad SMARTS) is 1. The number of amides is 4. The van der Waals surface area contributed by atoms with Crippen LogP contribution in [0, 0.1) is 0 Å². The highest BCUT2D eigenvalue weighted by Crippen LogP contribution is 2.21. The van der Waals surface area contributed by atoms with Crippen molar-refractivity contribution in [3.8, 4) is 5.75 Å². The number of fused-ring (bicyclic) bond motifs is 12. The Bertz CT molecular complexity index is 1630. The van der Waals surface area contributed by atoms with Crippen LogP contribution in [-0.4, -0.2) is 105 Å². The predicted molar refractivity (Wildman–Crippen MR) is 176 cm³/mol. The summed E-state index contributed by atoms with van der Waals surface area (Å²) in [6.07, 6.45) is 2.67. The van der Waals surface area contributed by atoms with Crippen molar-refractivity contribution < 1.29 is 33.8 Å². The lowest BCUT2D eigenvalue weighted by Crippen LogP contribution is -2.59. The standard InChI is InChI=1S/C34H42N8O7/c1-21(35-2)30(43)37-27-19-24-20-41(40-39-24)15-16-49-25-12-10-23(11-13-25)18-28(34(47)48)38-31(44)26(17-22-7-4-3-5-8-22)36-32(45)29-9-6-14-42(29)33(27)46/h3-5,7-8,10-13,20-21,26-29,35H,6,9,14-19H2,1-2H3,(H,36,45)(H,37,43)(H,38,44)(H,47,48)/t21-,26-,27-,28+,29?/m0/s1. The van der Waals surface area contributed by atoms with Crippen molar-refractivity contribution in [2.75, 3.05) is 20.2 Å². The molecule has 3 aliphatic rings. The van der Waals surface area contributed by atoms with E-state index in [1.54, 1.807) is 73.4 Å². The van der Waals surface area contributed by atoms with Gasteiger partial charge in [-0.1, -0.05) is 47.7 Å². The third kappa shape index (κ3) is 9.19. The Morgan fingerprint density at radius 1 is 1.02 bits per heavy atom. The van der Waals surface area contributed by atoms with Gasteiger partial charge in [-0.25, -0.2) is 9.48 Å². The summed E-state index contributed by atoms with van der Waals surface area (Å²) in [5, 5.41) is 29.5. The molecular formula is C34H42N8O7. The molecule has 0 spiro atoms. The minimum atomic E-state index is -1.28. The fourth-order valence-electron chi connectivity index (χ4n) is 5.90. The molecule has 6 rings (SSSR count). The maximum absolute atomic E-state index is 14.1. The molecule has 0 saturated carbocycles. The van der Waals surface area contributed by atoms with E-state index in [4.69, 9.17) is 4.74 Å². The average Bonchev–Trinajstić information content (AvgIpc) is 3.77. The first-order valence-corrected chi connectivity index (χ1v) is 16.4. The molecule has 260 valence electrons. The SMILES string of the molecule is CN[C@@H](C)C(=O)N[C@H]1Cc2cn(nn2)CCOc2ccc(cc2)C[C@H](C(=O)O)NC(=O)[C@H](Cc2ccccc2)NC(=O)C2CCCN2C1=O. The second-order valence-electron chi connectivity index (χ2n) is 12.3. The fourth-order valence-corrected chi connectivity index (χ4v) is 5.90. The Kier molecular flexibility index (Phi) is 11.6. The Morgan fingerprint density at radius 3 is 2.49 bits per heavy atom. The number of carboxylic acids is 1. The number of rotatable bonds is 6. The van der Waals surface area contributed by atoms with E-state index in [0.717, 1.165) is 5.56 Å². The largest absolute Gasteiger partial charge is 0.492 e. The zero-order valence-electron chi connectivity index (χ0n) is 27.5. The van der Waals surface area contributed by atoms with Crippen LogP contribution >= 0.6 is 0 Å². The molecule has 49 heavy (non-hydrogen) atoms. The number of nitrogens with zero attached hydrogens (tertiary/aromatic N) is 4. The first-order chi connectivity index (χ1) is 23.6. The lowest BCUT2D eigenvalue weighted by atomic mass is 10.0. The summed E-state index contributed by atoms with van der Waals surface area (Å²) in [6, 6.07) is 11.0. The second-order valence-corrected chi connectivity index (χ2v) is 12.3. The molecule has 3 aromatic rings. The van der Waals surface area contributed by atoms with E-state index in [1.807, 2.05) is 6.07 Å². The molecule has 5 N–H and O–H groups in total. The van der Waals surface area contributed by atoms with E-state index in [0.29, 0.717) is 36.4 Å². The van der Waals surface area contributed by atoms with Gasteiger partial charge in [-0.3, -0.25) is 19.2 Å². The third-order valence-electron chi connectivity index (χ3n) is 8.76. The van der Waals surface area contributed by atoms with Gasteiger partial charge >= 0.3 is 5.97 Å². The molecule has 0 radical (unpaired) electrons. The van der Waals surface area contributed by atoms with Crippen LogP contribution < -0.4 is 26.0 Å². The van der Waals surface area contributed by atoms with E-state index >= 15 is 0 Å². The van der Waals surface area contributed by atoms with Crippen LogP contribution in [-0.2, 0) is 49.8 Å². The van der Waals surface area contributed by atoms with Crippen LogP contribution in [0.5, 0.6) is 5.75 Å². The van der Waals surface area contributed by atoms with Crippen molar-refractivity contribution in [1.29, 1.82) is 0 Å². The van der Waals surface area contributed by atoms with Gasteiger partial charge in [0.15, 0.2) is 0 Å². The van der Waals surface area contributed by atoms with Gasteiger partial charge in [0.25, 0.3) is 0 Å². The zero-order chi connectivity index (χ0) is 34.9. The number of ether oxygens (including phenoxy) is 1. The Balaban J connectivity index is 1.47. The molecule has 15 heteroatoms. The summed E-state index contributed by atoms with van der Waals surface area (Å²) in [4.78, 5) is 68.3. The molecular weight excluding hydrogens is 632 g/mol. The summed E-state index contributed by atoms with van der Waals surface area (Å²) in [7, 11) is 1.63. The first-order valence-electron chi connectivity index (χ1n) is 16.4. The second kappa shape index (κ2) is 16.2. The topological polar surface area (TPSA) is 197 Å². The van der Waals surface area contributed by atoms with Gasteiger partial charge in [0, 0.05) is 32.0 Å².